The molecule has 118 valence electrons. The molecular weight excluding hydrogens is 278 g/mol. The van der Waals surface area contributed by atoms with Crippen molar-refractivity contribution in [1.82, 2.24) is 15.3 Å². The van der Waals surface area contributed by atoms with Crippen molar-refractivity contribution in [3.8, 4) is 0 Å². The van der Waals surface area contributed by atoms with Crippen molar-refractivity contribution in [2.45, 2.75) is 70.3 Å². The lowest BCUT2D eigenvalue weighted by atomic mass is 10.1. The van der Waals surface area contributed by atoms with Gasteiger partial charge in [-0.2, -0.15) is 11.8 Å². The first-order chi connectivity index (χ1) is 10.2. The van der Waals surface area contributed by atoms with Crippen LogP contribution in [0, 0.1) is 13.8 Å². The fourth-order valence-corrected chi connectivity index (χ4v) is 4.23. The molecule has 0 radical (unpaired) electrons. The van der Waals surface area contributed by atoms with Gasteiger partial charge in [-0.25, -0.2) is 9.97 Å². The molecule has 0 aromatic carbocycles. The first-order valence-electron chi connectivity index (χ1n) is 8.36. The second kappa shape index (κ2) is 8.74. The van der Waals surface area contributed by atoms with Crippen molar-refractivity contribution < 1.29 is 0 Å². The number of hydrogen-bond acceptors (Lipinski definition) is 4. The summed E-state index contributed by atoms with van der Waals surface area (Å²) in [5.41, 5.74) is 3.71. The van der Waals surface area contributed by atoms with Crippen molar-refractivity contribution in [2.24, 2.45) is 0 Å². The molecule has 1 fully saturated rings. The van der Waals surface area contributed by atoms with Gasteiger partial charge in [0.1, 0.15) is 5.82 Å². The summed E-state index contributed by atoms with van der Waals surface area (Å²) in [5, 5.41) is 4.22. The lowest BCUT2D eigenvalue weighted by Gasteiger charge is -2.12. The lowest BCUT2D eigenvalue weighted by molar-refractivity contribution is 0.666. The maximum absolute atomic E-state index is 4.74. The standard InChI is InChI=1S/C17H29N3S/c1-4-18-11-7-10-16-13(2)19-17(20-14(16)3)12-21-15-8-5-6-9-15/h15,18H,4-12H2,1-3H3. The van der Waals surface area contributed by atoms with Crippen LogP contribution < -0.4 is 5.32 Å². The second-order valence-corrected chi connectivity index (χ2v) is 7.25. The fraction of sp³-hybridized carbons (Fsp3) is 0.765. The minimum atomic E-state index is 0.842. The normalized spacial score (nSPS) is 15.8. The van der Waals surface area contributed by atoms with Gasteiger partial charge in [-0.05, 0) is 58.2 Å². The van der Waals surface area contributed by atoms with E-state index in [9.17, 15) is 0 Å². The average molecular weight is 308 g/mol. The van der Waals surface area contributed by atoms with Crippen LogP contribution in [0.4, 0.5) is 0 Å². The van der Waals surface area contributed by atoms with E-state index in [4.69, 9.17) is 9.97 Å². The third-order valence-electron chi connectivity index (χ3n) is 4.25. The van der Waals surface area contributed by atoms with Crippen LogP contribution >= 0.6 is 11.8 Å². The van der Waals surface area contributed by atoms with Gasteiger partial charge in [0.05, 0.1) is 5.75 Å². The zero-order valence-electron chi connectivity index (χ0n) is 13.7. The van der Waals surface area contributed by atoms with Crippen molar-refractivity contribution in [2.75, 3.05) is 13.1 Å². The molecule has 0 saturated heterocycles. The Kier molecular flexibility index (Phi) is 6.97. The van der Waals surface area contributed by atoms with Gasteiger partial charge >= 0.3 is 0 Å². The summed E-state index contributed by atoms with van der Waals surface area (Å²) in [7, 11) is 0. The van der Waals surface area contributed by atoms with E-state index in [0.717, 1.165) is 42.8 Å². The van der Waals surface area contributed by atoms with E-state index in [2.05, 4.69) is 26.1 Å². The first-order valence-corrected chi connectivity index (χ1v) is 9.41. The maximum Gasteiger partial charge on any atom is 0.138 e. The molecule has 21 heavy (non-hydrogen) atoms. The number of rotatable bonds is 8. The van der Waals surface area contributed by atoms with Crippen LogP contribution in [0.3, 0.4) is 0 Å². The third-order valence-corrected chi connectivity index (χ3v) is 5.62. The molecular formula is C17H29N3S. The van der Waals surface area contributed by atoms with Gasteiger partial charge in [0.2, 0.25) is 0 Å². The largest absolute Gasteiger partial charge is 0.317 e. The molecule has 2 rings (SSSR count). The van der Waals surface area contributed by atoms with E-state index >= 15 is 0 Å². The second-order valence-electron chi connectivity index (χ2n) is 5.96. The molecule has 1 aliphatic rings. The topological polar surface area (TPSA) is 37.8 Å². The Hall–Kier alpha value is -0.610. The van der Waals surface area contributed by atoms with Crippen molar-refractivity contribution >= 4 is 11.8 Å². The number of aromatic nitrogens is 2. The van der Waals surface area contributed by atoms with E-state index in [1.807, 2.05) is 11.8 Å². The molecule has 1 aromatic heterocycles. The molecule has 0 atom stereocenters. The number of nitrogens with one attached hydrogen (secondary N) is 1. The molecule has 0 aliphatic heterocycles. The first kappa shape index (κ1) is 16.8. The highest BCUT2D eigenvalue weighted by Gasteiger charge is 2.16. The fourth-order valence-electron chi connectivity index (χ4n) is 3.05. The smallest absolute Gasteiger partial charge is 0.138 e. The third kappa shape index (κ3) is 5.26. The number of aryl methyl sites for hydroxylation is 2. The highest BCUT2D eigenvalue weighted by atomic mass is 32.2. The molecule has 0 spiro atoms. The highest BCUT2D eigenvalue weighted by molar-refractivity contribution is 7.99. The Morgan fingerprint density at radius 3 is 2.43 bits per heavy atom. The van der Waals surface area contributed by atoms with Crippen molar-refractivity contribution in [1.29, 1.82) is 0 Å². The zero-order chi connectivity index (χ0) is 15.1. The molecule has 4 heteroatoms. The minimum Gasteiger partial charge on any atom is -0.317 e. The van der Waals surface area contributed by atoms with Crippen LogP contribution in [0.15, 0.2) is 0 Å². The zero-order valence-corrected chi connectivity index (χ0v) is 14.6. The van der Waals surface area contributed by atoms with E-state index < -0.39 is 0 Å². The molecule has 0 amide bonds. The highest BCUT2D eigenvalue weighted by Crippen LogP contribution is 2.31. The Bertz CT molecular complexity index is 419. The summed E-state index contributed by atoms with van der Waals surface area (Å²) in [6.45, 7) is 8.55. The molecule has 1 aliphatic carbocycles. The van der Waals surface area contributed by atoms with Gasteiger partial charge in [0, 0.05) is 16.6 Å². The molecule has 3 nitrogen and oxygen atoms in total. The summed E-state index contributed by atoms with van der Waals surface area (Å²) in [6, 6.07) is 0. The molecule has 0 unspecified atom stereocenters. The lowest BCUT2D eigenvalue weighted by Crippen LogP contribution is -2.15. The van der Waals surface area contributed by atoms with E-state index in [0.29, 0.717) is 0 Å². The van der Waals surface area contributed by atoms with Gasteiger partial charge in [0.25, 0.3) is 0 Å². The van der Waals surface area contributed by atoms with Crippen LogP contribution in [0.5, 0.6) is 0 Å². The Morgan fingerprint density at radius 2 is 1.81 bits per heavy atom. The van der Waals surface area contributed by atoms with Gasteiger partial charge in [-0.1, -0.05) is 19.8 Å². The number of thioether (sulfide) groups is 1. The molecule has 1 aromatic rings. The SMILES string of the molecule is CCNCCCc1c(C)nc(CSC2CCCC2)nc1C. The van der Waals surface area contributed by atoms with E-state index in [-0.39, 0.29) is 0 Å². The predicted octanol–water partition coefficient (Wildman–Crippen LogP) is 3.81. The summed E-state index contributed by atoms with van der Waals surface area (Å²) in [6.07, 6.45) is 7.81. The van der Waals surface area contributed by atoms with Crippen LogP contribution in [-0.2, 0) is 12.2 Å². The van der Waals surface area contributed by atoms with Gasteiger partial charge in [0.15, 0.2) is 0 Å². The number of nitrogens with zero attached hydrogens (tertiary/aromatic N) is 2. The summed E-state index contributed by atoms with van der Waals surface area (Å²) < 4.78 is 0. The summed E-state index contributed by atoms with van der Waals surface area (Å²) in [5.74, 6) is 2.00. The molecule has 1 saturated carbocycles. The Balaban J connectivity index is 1.89. The Morgan fingerprint density at radius 1 is 1.14 bits per heavy atom. The number of hydrogen-bond donors (Lipinski definition) is 1. The minimum absolute atomic E-state index is 0.842. The van der Waals surface area contributed by atoms with Gasteiger partial charge in [-0.15, -0.1) is 0 Å². The van der Waals surface area contributed by atoms with Gasteiger partial charge < -0.3 is 5.32 Å². The van der Waals surface area contributed by atoms with Crippen LogP contribution in [0.1, 0.15) is 61.8 Å². The molecule has 1 N–H and O–H groups in total. The molecule has 1 heterocycles. The van der Waals surface area contributed by atoms with E-state index in [1.54, 1.807) is 0 Å². The summed E-state index contributed by atoms with van der Waals surface area (Å²) >= 11 is 2.05. The van der Waals surface area contributed by atoms with E-state index in [1.165, 1.54) is 42.6 Å². The average Bonchev–Trinajstić information content (AvgIpc) is 2.97. The molecule has 0 bridgehead atoms. The van der Waals surface area contributed by atoms with Gasteiger partial charge in [-0.3, -0.25) is 0 Å². The van der Waals surface area contributed by atoms with Crippen molar-refractivity contribution in [3.63, 3.8) is 0 Å². The summed E-state index contributed by atoms with van der Waals surface area (Å²) in [4.78, 5) is 9.48. The quantitative estimate of drug-likeness (QED) is 0.741. The maximum atomic E-state index is 4.74. The van der Waals surface area contributed by atoms with Crippen molar-refractivity contribution in [3.05, 3.63) is 22.8 Å². The van der Waals surface area contributed by atoms with Crippen LogP contribution in [0.2, 0.25) is 0 Å². The monoisotopic (exact) mass is 307 g/mol. The Labute approximate surface area is 133 Å². The van der Waals surface area contributed by atoms with Crippen LogP contribution in [0.25, 0.3) is 0 Å². The van der Waals surface area contributed by atoms with Crippen LogP contribution in [-0.4, -0.2) is 28.3 Å². The predicted molar refractivity (Wildman–Crippen MR) is 91.9 cm³/mol.